The second-order valence-electron chi connectivity index (χ2n) is 2.29. The Morgan fingerprint density at radius 2 is 2.46 bits per heavy atom. The zero-order valence-electron chi connectivity index (χ0n) is 6.97. The molecule has 1 aromatic heterocycles. The van der Waals surface area contributed by atoms with Crippen LogP contribution in [0.4, 0.5) is 0 Å². The van der Waals surface area contributed by atoms with Gasteiger partial charge < -0.3 is 10.9 Å². The Kier molecular flexibility index (Phi) is 2.97. The highest BCUT2D eigenvalue weighted by Crippen LogP contribution is 2.08. The van der Waals surface area contributed by atoms with Gasteiger partial charge in [0.05, 0.1) is 15.7 Å². The van der Waals surface area contributed by atoms with Crippen molar-refractivity contribution in [3.05, 3.63) is 24.0 Å². The highest BCUT2D eigenvalue weighted by atomic mass is 32.2. The summed E-state index contributed by atoms with van der Waals surface area (Å²) in [4.78, 5) is 4.32. The number of rotatable bonds is 2. The third-order valence-electron chi connectivity index (χ3n) is 1.43. The first-order chi connectivity index (χ1) is 6.16. The second kappa shape index (κ2) is 3.99. The van der Waals surface area contributed by atoms with Crippen molar-refractivity contribution in [1.29, 1.82) is 0 Å². The van der Waals surface area contributed by atoms with Crippen molar-refractivity contribution in [1.82, 2.24) is 4.98 Å². The largest absolute Gasteiger partial charge is 0.409 e. The molecule has 0 spiro atoms. The van der Waals surface area contributed by atoms with Crippen LogP contribution in [0.3, 0.4) is 0 Å². The van der Waals surface area contributed by atoms with Crippen molar-refractivity contribution >= 4 is 16.6 Å². The quantitative estimate of drug-likeness (QED) is 0.301. The summed E-state index contributed by atoms with van der Waals surface area (Å²) in [7, 11) is -1.20. The molecule has 6 heteroatoms. The van der Waals surface area contributed by atoms with Crippen molar-refractivity contribution in [2.75, 3.05) is 6.26 Å². The summed E-state index contributed by atoms with van der Waals surface area (Å²) in [6, 6.07) is 3.27. The van der Waals surface area contributed by atoms with Crippen LogP contribution in [0.2, 0.25) is 0 Å². The van der Waals surface area contributed by atoms with E-state index in [1.165, 1.54) is 12.5 Å². The highest BCUT2D eigenvalue weighted by molar-refractivity contribution is 7.84. The minimum atomic E-state index is -1.20. The van der Waals surface area contributed by atoms with Crippen LogP contribution in [0.15, 0.2) is 28.4 Å². The number of amidine groups is 1. The Morgan fingerprint density at radius 1 is 1.77 bits per heavy atom. The monoisotopic (exact) mass is 199 g/mol. The Labute approximate surface area is 77.7 Å². The Bertz CT molecular complexity index is 365. The minimum absolute atomic E-state index is 0.134. The van der Waals surface area contributed by atoms with Gasteiger partial charge in [-0.3, -0.25) is 9.19 Å². The van der Waals surface area contributed by atoms with Gasteiger partial charge in [-0.1, -0.05) is 5.16 Å². The summed E-state index contributed by atoms with van der Waals surface area (Å²) in [5, 5.41) is 11.2. The molecular weight excluding hydrogens is 190 g/mol. The molecule has 5 nitrogen and oxygen atoms in total. The van der Waals surface area contributed by atoms with E-state index < -0.39 is 10.8 Å². The van der Waals surface area contributed by atoms with Crippen molar-refractivity contribution in [3.8, 4) is 0 Å². The maximum atomic E-state index is 11.2. The van der Waals surface area contributed by atoms with Crippen molar-refractivity contribution in [2.45, 2.75) is 4.90 Å². The van der Waals surface area contributed by atoms with Crippen molar-refractivity contribution < 1.29 is 9.42 Å². The van der Waals surface area contributed by atoms with E-state index in [-0.39, 0.29) is 11.5 Å². The third kappa shape index (κ3) is 2.03. The van der Waals surface area contributed by atoms with Crippen LogP contribution in [-0.4, -0.2) is 26.5 Å². The van der Waals surface area contributed by atoms with Gasteiger partial charge in [-0.15, -0.1) is 0 Å². The number of oxime groups is 1. The molecule has 0 aromatic carbocycles. The predicted octanol–water partition coefficient (Wildman–Crippen LogP) is -0.0865. The molecule has 0 saturated heterocycles. The first-order valence-electron chi connectivity index (χ1n) is 3.43. The molecule has 1 atom stereocenters. The van der Waals surface area contributed by atoms with E-state index in [2.05, 4.69) is 10.1 Å². The second-order valence-corrected chi connectivity index (χ2v) is 3.64. The summed E-state index contributed by atoms with van der Waals surface area (Å²) in [6.07, 6.45) is 2.99. The molecule has 0 aliphatic carbocycles. The summed E-state index contributed by atoms with van der Waals surface area (Å²) < 4.78 is 11.2. The van der Waals surface area contributed by atoms with E-state index >= 15 is 0 Å². The molecule has 1 rings (SSSR count). The van der Waals surface area contributed by atoms with Crippen LogP contribution in [-0.2, 0) is 10.8 Å². The van der Waals surface area contributed by atoms with Crippen LogP contribution in [0.5, 0.6) is 0 Å². The van der Waals surface area contributed by atoms with Crippen LogP contribution in [0.1, 0.15) is 5.69 Å². The lowest BCUT2D eigenvalue weighted by molar-refractivity contribution is 0.318. The number of nitrogens with two attached hydrogens (primary N) is 1. The number of hydrogen-bond acceptors (Lipinski definition) is 4. The average Bonchev–Trinajstić information content (AvgIpc) is 2.16. The van der Waals surface area contributed by atoms with Crippen LogP contribution in [0, 0.1) is 0 Å². The van der Waals surface area contributed by atoms with Gasteiger partial charge in [-0.25, -0.2) is 0 Å². The Hall–Kier alpha value is -1.43. The summed E-state index contributed by atoms with van der Waals surface area (Å²) >= 11 is 0. The van der Waals surface area contributed by atoms with E-state index in [0.717, 1.165) is 0 Å². The molecule has 0 aliphatic heterocycles. The van der Waals surface area contributed by atoms with Crippen molar-refractivity contribution in [3.63, 3.8) is 0 Å². The fourth-order valence-electron chi connectivity index (χ4n) is 0.862. The predicted molar refractivity (Wildman–Crippen MR) is 49.1 cm³/mol. The van der Waals surface area contributed by atoms with E-state index in [9.17, 15) is 4.21 Å². The normalized spacial score (nSPS) is 14.1. The molecule has 1 aromatic rings. The number of aromatic nitrogens is 1. The van der Waals surface area contributed by atoms with Gasteiger partial charge in [0, 0.05) is 12.5 Å². The lowest BCUT2D eigenvalue weighted by atomic mass is 10.3. The van der Waals surface area contributed by atoms with Gasteiger partial charge in [-0.2, -0.15) is 0 Å². The Balaban J connectivity index is 3.28. The number of pyridine rings is 1. The van der Waals surface area contributed by atoms with Gasteiger partial charge in [0.2, 0.25) is 0 Å². The molecule has 13 heavy (non-hydrogen) atoms. The molecule has 0 saturated carbocycles. The first-order valence-corrected chi connectivity index (χ1v) is 4.99. The van der Waals surface area contributed by atoms with Gasteiger partial charge >= 0.3 is 0 Å². The van der Waals surface area contributed by atoms with Crippen LogP contribution < -0.4 is 5.73 Å². The molecule has 0 amide bonds. The van der Waals surface area contributed by atoms with E-state index in [4.69, 9.17) is 10.9 Å². The van der Waals surface area contributed by atoms with Gasteiger partial charge in [0.25, 0.3) is 0 Å². The van der Waals surface area contributed by atoms with Crippen LogP contribution >= 0.6 is 0 Å². The lowest BCUT2D eigenvalue weighted by Gasteiger charge is -2.02. The van der Waals surface area contributed by atoms with Crippen molar-refractivity contribution in [2.24, 2.45) is 10.9 Å². The summed E-state index contributed by atoms with van der Waals surface area (Å²) in [6.45, 7) is 0. The van der Waals surface area contributed by atoms with E-state index in [1.54, 1.807) is 12.1 Å². The smallest absolute Gasteiger partial charge is 0.189 e. The van der Waals surface area contributed by atoms with Gasteiger partial charge in [0.15, 0.2) is 5.84 Å². The molecule has 70 valence electrons. The van der Waals surface area contributed by atoms with E-state index in [1.807, 2.05) is 0 Å². The molecule has 0 bridgehead atoms. The highest BCUT2D eigenvalue weighted by Gasteiger charge is 2.10. The number of nitrogens with zero attached hydrogens (tertiary/aromatic N) is 2. The molecule has 0 aliphatic rings. The molecule has 0 radical (unpaired) electrons. The van der Waals surface area contributed by atoms with E-state index in [0.29, 0.717) is 4.90 Å². The molecule has 0 fully saturated rings. The minimum Gasteiger partial charge on any atom is -0.409 e. The van der Waals surface area contributed by atoms with Gasteiger partial charge in [0.1, 0.15) is 5.69 Å². The average molecular weight is 199 g/mol. The molecule has 1 heterocycles. The first kappa shape index (κ1) is 9.66. The third-order valence-corrected chi connectivity index (χ3v) is 2.38. The standard InChI is InChI=1S/C7H9N3O2S/c1-13(12)5-3-2-4-9-6(5)7(8)10-11/h2-4,11H,1H3,(H2,8,10)/t13-/m0/s1. The lowest BCUT2D eigenvalue weighted by Crippen LogP contribution is -2.17. The van der Waals surface area contributed by atoms with Crippen LogP contribution in [0.25, 0.3) is 0 Å². The zero-order valence-corrected chi connectivity index (χ0v) is 7.78. The maximum absolute atomic E-state index is 11.2. The summed E-state index contributed by atoms with van der Waals surface area (Å²) in [5.41, 5.74) is 5.59. The molecule has 3 N–H and O–H groups in total. The zero-order chi connectivity index (χ0) is 9.84. The maximum Gasteiger partial charge on any atom is 0.189 e. The van der Waals surface area contributed by atoms with Gasteiger partial charge in [-0.05, 0) is 12.1 Å². The Morgan fingerprint density at radius 3 is 3.00 bits per heavy atom. The molecule has 0 unspecified atom stereocenters. The number of hydrogen-bond donors (Lipinski definition) is 2. The fourth-order valence-corrected chi connectivity index (χ4v) is 1.56. The summed E-state index contributed by atoms with van der Waals surface area (Å²) in [5.74, 6) is -0.134. The SMILES string of the molecule is C[S@](=O)c1cccnc1C(N)=NO. The fraction of sp³-hybridized carbons (Fsp3) is 0.143. The molecular formula is C7H9N3O2S. The topological polar surface area (TPSA) is 88.6 Å².